The van der Waals surface area contributed by atoms with Crippen LogP contribution in [0.2, 0.25) is 0 Å². The maximum Gasteiger partial charge on any atom is 0.318 e. The molecular formula is C28H34N2O3. The van der Waals surface area contributed by atoms with Crippen LogP contribution in [-0.2, 0) is 11.2 Å². The van der Waals surface area contributed by atoms with Gasteiger partial charge in [0.2, 0.25) is 0 Å². The van der Waals surface area contributed by atoms with Crippen LogP contribution in [0.15, 0.2) is 48.5 Å². The fourth-order valence-electron chi connectivity index (χ4n) is 5.77. The minimum Gasteiger partial charge on any atom is -0.426 e. The van der Waals surface area contributed by atoms with E-state index in [1.54, 1.807) is 24.3 Å². The fraction of sp³-hybridized carbons (Fsp3) is 0.500. The molecule has 33 heavy (non-hydrogen) atoms. The van der Waals surface area contributed by atoms with Gasteiger partial charge >= 0.3 is 5.97 Å². The number of piperazine rings is 1. The van der Waals surface area contributed by atoms with Crippen molar-refractivity contribution in [2.45, 2.75) is 63.3 Å². The van der Waals surface area contributed by atoms with Crippen molar-refractivity contribution >= 4 is 11.9 Å². The van der Waals surface area contributed by atoms with Gasteiger partial charge in [0.25, 0.3) is 5.91 Å². The third kappa shape index (κ3) is 4.98. The molecule has 5 rings (SSSR count). The lowest BCUT2D eigenvalue weighted by Crippen LogP contribution is -2.52. The molecule has 2 fully saturated rings. The molecule has 5 nitrogen and oxygen atoms in total. The Labute approximate surface area is 196 Å². The average molecular weight is 447 g/mol. The van der Waals surface area contributed by atoms with Gasteiger partial charge in [0, 0.05) is 37.8 Å². The Balaban J connectivity index is 1.16. The van der Waals surface area contributed by atoms with Crippen LogP contribution < -0.4 is 4.74 Å². The van der Waals surface area contributed by atoms with Crippen molar-refractivity contribution in [3.05, 3.63) is 65.2 Å². The summed E-state index contributed by atoms with van der Waals surface area (Å²) in [5.41, 5.74) is 2.99. The topological polar surface area (TPSA) is 49.9 Å². The van der Waals surface area contributed by atoms with Crippen LogP contribution in [0, 0.1) is 0 Å². The highest BCUT2D eigenvalue weighted by Crippen LogP contribution is 2.33. The van der Waals surface area contributed by atoms with Crippen molar-refractivity contribution in [1.29, 1.82) is 0 Å². The molecular weight excluding hydrogens is 412 g/mol. The van der Waals surface area contributed by atoms with Crippen LogP contribution in [0.25, 0.3) is 0 Å². The molecule has 0 aromatic heterocycles. The Kier molecular flexibility index (Phi) is 6.77. The van der Waals surface area contributed by atoms with Gasteiger partial charge in [-0.3, -0.25) is 14.5 Å². The minimum absolute atomic E-state index is 0.0670. The first kappa shape index (κ1) is 22.1. The molecule has 1 atom stereocenters. The summed E-state index contributed by atoms with van der Waals surface area (Å²) in [6.45, 7) is 3.50. The zero-order chi connectivity index (χ0) is 22.6. The van der Waals surface area contributed by atoms with Crippen LogP contribution in [0.3, 0.4) is 0 Å². The van der Waals surface area contributed by atoms with Gasteiger partial charge in [0.1, 0.15) is 5.75 Å². The molecule has 0 radical (unpaired) electrons. The Morgan fingerprint density at radius 3 is 2.27 bits per heavy atom. The van der Waals surface area contributed by atoms with Gasteiger partial charge in [-0.1, -0.05) is 43.5 Å². The number of carbonyl (C=O) groups is 2. The van der Waals surface area contributed by atoms with Crippen molar-refractivity contribution in [2.24, 2.45) is 0 Å². The van der Waals surface area contributed by atoms with Gasteiger partial charge < -0.3 is 9.64 Å². The predicted molar refractivity (Wildman–Crippen MR) is 129 cm³/mol. The van der Waals surface area contributed by atoms with Crippen molar-refractivity contribution in [3.63, 3.8) is 0 Å². The number of aryl methyl sites for hydroxylation is 1. The number of hydrogen-bond donors (Lipinski definition) is 0. The Morgan fingerprint density at radius 2 is 1.52 bits per heavy atom. The number of rotatable bonds is 4. The summed E-state index contributed by atoms with van der Waals surface area (Å²) in [7, 11) is 0. The van der Waals surface area contributed by atoms with E-state index in [1.807, 2.05) is 23.1 Å². The summed E-state index contributed by atoms with van der Waals surface area (Å²) in [5.74, 6) is 0.149. The second-order valence-electron chi connectivity index (χ2n) is 9.71. The summed E-state index contributed by atoms with van der Waals surface area (Å²) < 4.78 is 5.70. The molecule has 2 aliphatic carbocycles. The van der Waals surface area contributed by atoms with Crippen LogP contribution in [0.5, 0.6) is 5.75 Å². The van der Waals surface area contributed by atoms with Crippen molar-refractivity contribution in [3.8, 4) is 5.75 Å². The van der Waals surface area contributed by atoms with Gasteiger partial charge in [0.15, 0.2) is 0 Å². The van der Waals surface area contributed by atoms with Gasteiger partial charge in [-0.25, -0.2) is 0 Å². The highest BCUT2D eigenvalue weighted by atomic mass is 16.5. The Bertz CT molecular complexity index is 973. The van der Waals surface area contributed by atoms with Crippen LogP contribution in [0.1, 0.15) is 72.3 Å². The molecule has 1 heterocycles. The number of amides is 1. The largest absolute Gasteiger partial charge is 0.426 e. The summed E-state index contributed by atoms with van der Waals surface area (Å²) >= 11 is 0. The second kappa shape index (κ2) is 10.1. The Hall–Kier alpha value is -2.66. The zero-order valence-corrected chi connectivity index (χ0v) is 19.4. The van der Waals surface area contributed by atoms with Gasteiger partial charge in [-0.05, 0) is 67.5 Å². The maximum absolute atomic E-state index is 13.0. The molecule has 1 unspecified atom stereocenters. The summed E-state index contributed by atoms with van der Waals surface area (Å²) in [6.07, 6.45) is 9.50. The highest BCUT2D eigenvalue weighted by molar-refractivity contribution is 5.94. The molecule has 2 aromatic carbocycles. The molecule has 1 saturated carbocycles. The van der Waals surface area contributed by atoms with E-state index in [-0.39, 0.29) is 17.8 Å². The first-order valence-corrected chi connectivity index (χ1v) is 12.6. The van der Waals surface area contributed by atoms with Gasteiger partial charge in [-0.2, -0.15) is 0 Å². The number of hydrogen-bond acceptors (Lipinski definition) is 4. The van der Waals surface area contributed by atoms with Gasteiger partial charge in [-0.15, -0.1) is 0 Å². The van der Waals surface area contributed by atoms with E-state index < -0.39 is 0 Å². The number of benzene rings is 2. The molecule has 1 saturated heterocycles. The van der Waals surface area contributed by atoms with Crippen molar-refractivity contribution in [2.75, 3.05) is 26.2 Å². The Morgan fingerprint density at radius 1 is 0.788 bits per heavy atom. The third-order valence-corrected chi connectivity index (χ3v) is 7.67. The fourth-order valence-corrected chi connectivity index (χ4v) is 5.77. The molecule has 0 N–H and O–H groups in total. The van der Waals surface area contributed by atoms with E-state index >= 15 is 0 Å². The zero-order valence-electron chi connectivity index (χ0n) is 19.4. The van der Waals surface area contributed by atoms with E-state index in [0.717, 1.165) is 51.0 Å². The van der Waals surface area contributed by atoms with Crippen LogP contribution in [-0.4, -0.2) is 53.9 Å². The van der Waals surface area contributed by atoms with Crippen molar-refractivity contribution in [1.82, 2.24) is 9.80 Å². The normalized spacial score (nSPS) is 21.9. The van der Waals surface area contributed by atoms with E-state index in [4.69, 9.17) is 4.74 Å². The lowest BCUT2D eigenvalue weighted by Gasteiger charge is -2.40. The molecule has 5 heteroatoms. The van der Waals surface area contributed by atoms with E-state index in [2.05, 4.69) is 11.0 Å². The molecule has 1 amide bonds. The van der Waals surface area contributed by atoms with E-state index in [0.29, 0.717) is 17.4 Å². The highest BCUT2D eigenvalue weighted by Gasteiger charge is 2.29. The monoisotopic (exact) mass is 446 g/mol. The first-order chi connectivity index (χ1) is 16.2. The number of esters is 1. The second-order valence-corrected chi connectivity index (χ2v) is 9.71. The quantitative estimate of drug-likeness (QED) is 0.500. The predicted octanol–water partition coefficient (Wildman–Crippen LogP) is 4.80. The van der Waals surface area contributed by atoms with E-state index in [9.17, 15) is 9.59 Å². The molecule has 0 bridgehead atoms. The standard InChI is InChI=1S/C28H34N2O3/c31-27(30-19-17-29(18-20-30)23-9-2-1-3-10-23)22-13-15-24(16-14-22)33-28(32)26-12-6-8-21-7-4-5-11-25(21)26/h4-5,7,11,13-16,23,26H,1-3,6,8-10,12,17-20H2. The average Bonchev–Trinajstić information content (AvgIpc) is 2.89. The number of carbonyl (C=O) groups excluding carboxylic acids is 2. The molecule has 3 aliphatic rings. The summed E-state index contributed by atoms with van der Waals surface area (Å²) in [5, 5.41) is 0. The third-order valence-electron chi connectivity index (χ3n) is 7.67. The number of fused-ring (bicyclic) bond motifs is 1. The minimum atomic E-state index is -0.211. The molecule has 1 aliphatic heterocycles. The number of nitrogens with zero attached hydrogens (tertiary/aromatic N) is 2. The summed E-state index contributed by atoms with van der Waals surface area (Å²) in [4.78, 5) is 30.4. The van der Waals surface area contributed by atoms with Crippen molar-refractivity contribution < 1.29 is 14.3 Å². The lowest BCUT2D eigenvalue weighted by atomic mass is 9.83. The number of ether oxygens (including phenoxy) is 1. The van der Waals surface area contributed by atoms with Crippen LogP contribution in [0.4, 0.5) is 0 Å². The maximum atomic E-state index is 13.0. The molecule has 0 spiro atoms. The molecule has 2 aromatic rings. The smallest absolute Gasteiger partial charge is 0.318 e. The summed E-state index contributed by atoms with van der Waals surface area (Å²) in [6, 6.07) is 15.9. The molecule has 174 valence electrons. The van der Waals surface area contributed by atoms with Crippen LogP contribution >= 0.6 is 0 Å². The first-order valence-electron chi connectivity index (χ1n) is 12.6. The lowest BCUT2D eigenvalue weighted by molar-refractivity contribution is -0.136. The van der Waals surface area contributed by atoms with Gasteiger partial charge in [0.05, 0.1) is 5.92 Å². The van der Waals surface area contributed by atoms with E-state index in [1.165, 1.54) is 37.7 Å². The SMILES string of the molecule is O=C(Oc1ccc(C(=O)N2CCN(C3CCCCC3)CC2)cc1)C1CCCc2ccccc21.